The predicted octanol–water partition coefficient (Wildman–Crippen LogP) is 3.62. The Kier molecular flexibility index (Phi) is 5.17. The number of aliphatic imine (C=N–C) groups is 1. The van der Waals surface area contributed by atoms with E-state index in [9.17, 15) is 4.79 Å². The van der Waals surface area contributed by atoms with Gasteiger partial charge in [0.05, 0.1) is 22.3 Å². The van der Waals surface area contributed by atoms with Crippen LogP contribution in [0.2, 0.25) is 0 Å². The van der Waals surface area contributed by atoms with Crippen LogP contribution in [0, 0.1) is 0 Å². The van der Waals surface area contributed by atoms with Crippen molar-refractivity contribution in [1.29, 1.82) is 0 Å². The van der Waals surface area contributed by atoms with Gasteiger partial charge in [-0.3, -0.25) is 9.78 Å². The lowest BCUT2D eigenvalue weighted by Crippen LogP contribution is -2.24. The highest BCUT2D eigenvalue weighted by atomic mass is 16.1. The van der Waals surface area contributed by atoms with Gasteiger partial charge >= 0.3 is 0 Å². The molecule has 0 atom stereocenters. The number of pyridine rings is 1. The molecule has 6 heteroatoms. The van der Waals surface area contributed by atoms with Gasteiger partial charge in [0.25, 0.3) is 5.91 Å². The number of benzene rings is 2. The van der Waals surface area contributed by atoms with Gasteiger partial charge in [-0.2, -0.15) is 4.99 Å². The third-order valence-electron chi connectivity index (χ3n) is 4.06. The van der Waals surface area contributed by atoms with Crippen LogP contribution in [0.25, 0.3) is 27.5 Å². The fourth-order valence-corrected chi connectivity index (χ4v) is 3.02. The van der Waals surface area contributed by atoms with Gasteiger partial charge in [-0.15, -0.1) is 0 Å². The van der Waals surface area contributed by atoms with Crippen LogP contribution < -0.4 is 11.5 Å². The van der Waals surface area contributed by atoms with Crippen LogP contribution in [-0.4, -0.2) is 21.4 Å². The molecule has 4 rings (SSSR count). The first-order valence-corrected chi connectivity index (χ1v) is 8.73. The number of nitrogens with two attached hydrogens (primary N) is 2. The number of hydrogen-bond acceptors (Lipinski definition) is 2. The van der Waals surface area contributed by atoms with Crippen molar-refractivity contribution in [1.82, 2.24) is 9.55 Å². The SMILES string of the molecule is CC.NC(N)=NC(=O)c1cn(-c2ccnc3ccccc23)c2ccccc12. The van der Waals surface area contributed by atoms with E-state index in [1.807, 2.05) is 73.0 Å². The summed E-state index contributed by atoms with van der Waals surface area (Å²) in [5.74, 6) is -0.718. The van der Waals surface area contributed by atoms with Crippen molar-refractivity contribution in [3.63, 3.8) is 0 Å². The zero-order valence-corrected chi connectivity index (χ0v) is 15.3. The third kappa shape index (κ3) is 3.37. The van der Waals surface area contributed by atoms with Crippen LogP contribution in [-0.2, 0) is 0 Å². The van der Waals surface area contributed by atoms with E-state index in [0.717, 1.165) is 27.5 Å². The van der Waals surface area contributed by atoms with Crippen LogP contribution in [0.3, 0.4) is 0 Å². The molecular formula is C21H21N5O. The Labute approximate surface area is 157 Å². The molecule has 2 aromatic heterocycles. The zero-order valence-electron chi connectivity index (χ0n) is 15.3. The molecule has 0 unspecified atom stereocenters. The van der Waals surface area contributed by atoms with E-state index in [1.54, 1.807) is 12.4 Å². The highest BCUT2D eigenvalue weighted by molar-refractivity contribution is 6.11. The Bertz CT molecular complexity index is 1130. The first-order valence-electron chi connectivity index (χ1n) is 8.73. The minimum Gasteiger partial charge on any atom is -0.370 e. The third-order valence-corrected chi connectivity index (χ3v) is 4.06. The van der Waals surface area contributed by atoms with Gasteiger partial charge < -0.3 is 16.0 Å². The predicted molar refractivity (Wildman–Crippen MR) is 110 cm³/mol. The number of para-hydroxylation sites is 2. The van der Waals surface area contributed by atoms with Crippen molar-refractivity contribution >= 4 is 33.7 Å². The standard InChI is InChI=1S/C19H15N5O.C2H6/c20-19(21)23-18(25)14-11-24(16-8-4-2-5-12(14)16)17-9-10-22-15-7-3-1-6-13(15)17;1-2/h1-11H,(H4,20,21,23,25);1-2H3. The van der Waals surface area contributed by atoms with Crippen molar-refractivity contribution in [3.05, 3.63) is 72.6 Å². The maximum absolute atomic E-state index is 12.4. The normalized spacial score (nSPS) is 10.3. The van der Waals surface area contributed by atoms with Crippen molar-refractivity contribution < 1.29 is 4.79 Å². The van der Waals surface area contributed by atoms with Crippen LogP contribution in [0.5, 0.6) is 0 Å². The molecule has 0 aliphatic rings. The quantitative estimate of drug-likeness (QED) is 0.422. The summed E-state index contributed by atoms with van der Waals surface area (Å²) in [6.45, 7) is 4.00. The summed E-state index contributed by atoms with van der Waals surface area (Å²) in [6, 6.07) is 17.4. The summed E-state index contributed by atoms with van der Waals surface area (Å²) in [6.07, 6.45) is 3.52. The number of aromatic nitrogens is 2. The molecule has 0 saturated carbocycles. The van der Waals surface area contributed by atoms with Crippen LogP contribution in [0.1, 0.15) is 24.2 Å². The molecular weight excluding hydrogens is 338 g/mol. The summed E-state index contributed by atoms with van der Waals surface area (Å²) in [4.78, 5) is 20.5. The Morgan fingerprint density at radius 3 is 2.37 bits per heavy atom. The molecule has 4 aromatic rings. The van der Waals surface area contributed by atoms with Gasteiger partial charge in [0, 0.05) is 23.2 Å². The average Bonchev–Trinajstić information content (AvgIpc) is 3.08. The lowest BCUT2D eigenvalue weighted by atomic mass is 10.1. The highest BCUT2D eigenvalue weighted by Gasteiger charge is 2.16. The monoisotopic (exact) mass is 359 g/mol. The highest BCUT2D eigenvalue weighted by Crippen LogP contribution is 2.28. The zero-order chi connectivity index (χ0) is 19.4. The molecule has 6 nitrogen and oxygen atoms in total. The molecule has 1 amide bonds. The summed E-state index contributed by atoms with van der Waals surface area (Å²) < 4.78 is 1.97. The molecule has 2 aromatic carbocycles. The van der Waals surface area contributed by atoms with Crippen molar-refractivity contribution in [2.24, 2.45) is 16.5 Å². The molecule has 0 bridgehead atoms. The number of carbonyl (C=O) groups excluding carboxylic acids is 1. The minimum atomic E-state index is -0.465. The van der Waals surface area contributed by atoms with E-state index in [0.29, 0.717) is 5.56 Å². The summed E-state index contributed by atoms with van der Waals surface area (Å²) in [7, 11) is 0. The van der Waals surface area contributed by atoms with Gasteiger partial charge in [0.1, 0.15) is 0 Å². The maximum Gasteiger partial charge on any atom is 0.282 e. The second kappa shape index (κ2) is 7.70. The first-order chi connectivity index (χ1) is 13.1. The van der Waals surface area contributed by atoms with Crippen LogP contribution in [0.15, 0.2) is 72.0 Å². The summed E-state index contributed by atoms with van der Waals surface area (Å²) in [5.41, 5.74) is 13.9. The summed E-state index contributed by atoms with van der Waals surface area (Å²) in [5, 5.41) is 1.78. The van der Waals surface area contributed by atoms with Crippen LogP contribution in [0.4, 0.5) is 0 Å². The van der Waals surface area contributed by atoms with Crippen molar-refractivity contribution in [2.45, 2.75) is 13.8 Å². The molecule has 0 saturated heterocycles. The Balaban J connectivity index is 0.00000102. The van der Waals surface area contributed by atoms with Gasteiger partial charge in [0.2, 0.25) is 0 Å². The molecule has 27 heavy (non-hydrogen) atoms. The van der Waals surface area contributed by atoms with E-state index < -0.39 is 5.91 Å². The van der Waals surface area contributed by atoms with Gasteiger partial charge in [-0.05, 0) is 18.2 Å². The van der Waals surface area contributed by atoms with Crippen molar-refractivity contribution in [2.75, 3.05) is 0 Å². The largest absolute Gasteiger partial charge is 0.370 e. The second-order valence-corrected chi connectivity index (χ2v) is 5.62. The molecule has 0 spiro atoms. The number of rotatable bonds is 2. The van der Waals surface area contributed by atoms with E-state index >= 15 is 0 Å². The number of carbonyl (C=O) groups is 1. The van der Waals surface area contributed by atoms with Gasteiger partial charge in [-0.1, -0.05) is 50.2 Å². The smallest absolute Gasteiger partial charge is 0.282 e. The molecule has 136 valence electrons. The van der Waals surface area contributed by atoms with E-state index in [1.165, 1.54) is 0 Å². The molecule has 0 aliphatic heterocycles. The van der Waals surface area contributed by atoms with E-state index in [4.69, 9.17) is 11.5 Å². The molecule has 0 radical (unpaired) electrons. The Hall–Kier alpha value is -3.67. The molecule has 0 aliphatic carbocycles. The first kappa shape index (κ1) is 18.1. The lowest BCUT2D eigenvalue weighted by Gasteiger charge is -2.08. The topological polar surface area (TPSA) is 99.3 Å². The number of hydrogen-bond donors (Lipinski definition) is 2. The van der Waals surface area contributed by atoms with Crippen molar-refractivity contribution in [3.8, 4) is 5.69 Å². The summed E-state index contributed by atoms with van der Waals surface area (Å²) >= 11 is 0. The molecule has 2 heterocycles. The fraction of sp³-hybridized carbons (Fsp3) is 0.0952. The second-order valence-electron chi connectivity index (χ2n) is 5.62. The molecule has 0 fully saturated rings. The number of amides is 1. The number of fused-ring (bicyclic) bond motifs is 2. The Morgan fingerprint density at radius 2 is 1.63 bits per heavy atom. The van der Waals surface area contributed by atoms with Gasteiger partial charge in [0.15, 0.2) is 5.96 Å². The lowest BCUT2D eigenvalue weighted by molar-refractivity contribution is 0.100. The fourth-order valence-electron chi connectivity index (χ4n) is 3.02. The van der Waals surface area contributed by atoms with Gasteiger partial charge in [-0.25, -0.2) is 0 Å². The minimum absolute atomic E-state index is 0.254. The number of nitrogens with zero attached hydrogens (tertiary/aromatic N) is 3. The maximum atomic E-state index is 12.4. The van der Waals surface area contributed by atoms with E-state index in [2.05, 4.69) is 9.98 Å². The van der Waals surface area contributed by atoms with E-state index in [-0.39, 0.29) is 5.96 Å². The molecule has 4 N–H and O–H groups in total. The average molecular weight is 359 g/mol. The number of guanidine groups is 1. The Morgan fingerprint density at radius 1 is 0.963 bits per heavy atom. The van der Waals surface area contributed by atoms with Crippen LogP contribution >= 0.6 is 0 Å².